The third kappa shape index (κ3) is 3.55. The molecule has 0 bridgehead atoms. The topological polar surface area (TPSA) is 118 Å². The van der Waals surface area contributed by atoms with Gasteiger partial charge in [0.05, 0.1) is 11.4 Å². The van der Waals surface area contributed by atoms with Gasteiger partial charge in [0, 0.05) is 5.56 Å². The summed E-state index contributed by atoms with van der Waals surface area (Å²) in [6, 6.07) is 15.6. The minimum absolute atomic E-state index is 0.211. The van der Waals surface area contributed by atoms with Crippen molar-refractivity contribution in [1.82, 2.24) is 9.97 Å². The summed E-state index contributed by atoms with van der Waals surface area (Å²) in [5, 5.41) is 9.52. The van der Waals surface area contributed by atoms with Gasteiger partial charge in [-0.05, 0) is 36.4 Å². The van der Waals surface area contributed by atoms with Crippen molar-refractivity contribution in [3.05, 3.63) is 72.1 Å². The standard InChI is InChI=1S/C19H15N5O2/c20-17-16(18(21)23-12-22-17)11-8-13-6-9-15(10-7-13)24(19(25)26)14-4-2-1-3-5-14/h1-7,9-10,12H,(H,25,26)(H4,20,21,22,23). The summed E-state index contributed by atoms with van der Waals surface area (Å²) in [7, 11) is 0. The van der Waals surface area contributed by atoms with E-state index in [0.29, 0.717) is 22.5 Å². The maximum atomic E-state index is 11.6. The number of aromatic nitrogens is 2. The Morgan fingerprint density at radius 1 is 0.885 bits per heavy atom. The molecule has 0 aliphatic carbocycles. The molecular weight excluding hydrogens is 330 g/mol. The van der Waals surface area contributed by atoms with Crippen molar-refractivity contribution >= 4 is 29.1 Å². The molecule has 26 heavy (non-hydrogen) atoms. The van der Waals surface area contributed by atoms with Crippen LogP contribution in [0.1, 0.15) is 11.1 Å². The first-order chi connectivity index (χ1) is 12.6. The van der Waals surface area contributed by atoms with E-state index in [2.05, 4.69) is 21.8 Å². The monoisotopic (exact) mass is 345 g/mol. The van der Waals surface area contributed by atoms with Crippen LogP contribution in [0.2, 0.25) is 0 Å². The average molecular weight is 345 g/mol. The molecule has 0 fully saturated rings. The summed E-state index contributed by atoms with van der Waals surface area (Å²) in [6.07, 6.45) is 0.200. The molecule has 7 heteroatoms. The summed E-state index contributed by atoms with van der Waals surface area (Å²) in [6.45, 7) is 0. The minimum atomic E-state index is -1.07. The molecule has 5 N–H and O–H groups in total. The van der Waals surface area contributed by atoms with Gasteiger partial charge >= 0.3 is 6.09 Å². The average Bonchev–Trinajstić information content (AvgIpc) is 2.63. The Bertz CT molecular complexity index is 972. The van der Waals surface area contributed by atoms with Crippen LogP contribution in [0.3, 0.4) is 0 Å². The predicted octanol–water partition coefficient (Wildman–Crippen LogP) is 2.86. The van der Waals surface area contributed by atoms with E-state index in [-0.39, 0.29) is 11.6 Å². The molecular formula is C19H15N5O2. The second-order valence-corrected chi connectivity index (χ2v) is 5.27. The highest BCUT2D eigenvalue weighted by Crippen LogP contribution is 2.25. The number of para-hydroxylation sites is 1. The molecule has 3 aromatic rings. The van der Waals surface area contributed by atoms with Gasteiger partial charge in [0.15, 0.2) is 0 Å². The lowest BCUT2D eigenvalue weighted by Gasteiger charge is -2.19. The molecule has 128 valence electrons. The number of hydrogen-bond acceptors (Lipinski definition) is 5. The Morgan fingerprint density at radius 3 is 2.04 bits per heavy atom. The quantitative estimate of drug-likeness (QED) is 0.615. The molecule has 0 saturated carbocycles. The number of anilines is 4. The molecule has 0 spiro atoms. The van der Waals surface area contributed by atoms with Gasteiger partial charge in [-0.2, -0.15) is 0 Å². The highest BCUT2D eigenvalue weighted by atomic mass is 16.4. The van der Waals surface area contributed by atoms with Crippen molar-refractivity contribution in [3.8, 4) is 11.8 Å². The Morgan fingerprint density at radius 2 is 1.46 bits per heavy atom. The SMILES string of the molecule is Nc1ncnc(N)c1C#Cc1ccc(N(C(=O)O)c2ccccc2)cc1. The lowest BCUT2D eigenvalue weighted by Crippen LogP contribution is -2.23. The van der Waals surface area contributed by atoms with Crippen molar-refractivity contribution < 1.29 is 9.90 Å². The van der Waals surface area contributed by atoms with Gasteiger partial charge < -0.3 is 16.6 Å². The van der Waals surface area contributed by atoms with Crippen LogP contribution in [-0.4, -0.2) is 21.2 Å². The number of nitrogen functional groups attached to an aromatic ring is 2. The highest BCUT2D eigenvalue weighted by molar-refractivity contribution is 5.94. The van der Waals surface area contributed by atoms with E-state index in [4.69, 9.17) is 11.5 Å². The normalized spacial score (nSPS) is 9.85. The maximum Gasteiger partial charge on any atom is 0.416 e. The fourth-order valence-electron chi connectivity index (χ4n) is 2.32. The molecule has 1 aromatic heterocycles. The number of carboxylic acid groups (broad SMARTS) is 1. The fourth-order valence-corrected chi connectivity index (χ4v) is 2.32. The smallest absolute Gasteiger partial charge is 0.416 e. The van der Waals surface area contributed by atoms with E-state index < -0.39 is 6.09 Å². The Kier molecular flexibility index (Phi) is 4.67. The second kappa shape index (κ2) is 7.23. The van der Waals surface area contributed by atoms with Crippen LogP contribution in [-0.2, 0) is 0 Å². The summed E-state index contributed by atoms with van der Waals surface area (Å²) < 4.78 is 0. The lowest BCUT2D eigenvalue weighted by molar-refractivity contribution is 0.205. The van der Waals surface area contributed by atoms with Crippen molar-refractivity contribution in [2.24, 2.45) is 0 Å². The van der Waals surface area contributed by atoms with Crippen LogP contribution < -0.4 is 16.4 Å². The first-order valence-electron chi connectivity index (χ1n) is 7.62. The van der Waals surface area contributed by atoms with Gasteiger partial charge in [-0.25, -0.2) is 19.7 Å². The van der Waals surface area contributed by atoms with E-state index in [1.807, 2.05) is 6.07 Å². The predicted molar refractivity (Wildman–Crippen MR) is 99.9 cm³/mol. The molecule has 1 amide bonds. The van der Waals surface area contributed by atoms with Crippen LogP contribution in [0.25, 0.3) is 0 Å². The molecule has 0 unspecified atom stereocenters. The van der Waals surface area contributed by atoms with Crippen LogP contribution in [0.4, 0.5) is 27.8 Å². The second-order valence-electron chi connectivity index (χ2n) is 5.27. The maximum absolute atomic E-state index is 11.6. The van der Waals surface area contributed by atoms with E-state index in [1.54, 1.807) is 48.5 Å². The number of hydrogen-bond donors (Lipinski definition) is 3. The number of nitrogens with zero attached hydrogens (tertiary/aromatic N) is 3. The number of benzene rings is 2. The Hall–Kier alpha value is -4.05. The molecule has 0 radical (unpaired) electrons. The van der Waals surface area contributed by atoms with Gasteiger partial charge in [0.25, 0.3) is 0 Å². The van der Waals surface area contributed by atoms with Crippen LogP contribution in [0.15, 0.2) is 60.9 Å². The number of amides is 1. The summed E-state index contributed by atoms with van der Waals surface area (Å²) in [4.78, 5) is 20.5. The van der Waals surface area contributed by atoms with E-state index in [0.717, 1.165) is 0 Å². The Balaban J connectivity index is 1.89. The number of carbonyl (C=O) groups is 1. The zero-order valence-electron chi connectivity index (χ0n) is 13.6. The molecule has 2 aromatic carbocycles. The van der Waals surface area contributed by atoms with Gasteiger partial charge in [0.2, 0.25) is 0 Å². The van der Waals surface area contributed by atoms with E-state index >= 15 is 0 Å². The number of rotatable bonds is 2. The Labute approximate surface area is 149 Å². The van der Waals surface area contributed by atoms with Crippen LogP contribution in [0.5, 0.6) is 0 Å². The first-order valence-corrected chi connectivity index (χ1v) is 7.62. The molecule has 0 atom stereocenters. The molecule has 0 saturated heterocycles. The third-order valence-corrected chi connectivity index (χ3v) is 3.57. The minimum Gasteiger partial charge on any atom is -0.464 e. The van der Waals surface area contributed by atoms with Crippen LogP contribution >= 0.6 is 0 Å². The van der Waals surface area contributed by atoms with Crippen molar-refractivity contribution in [3.63, 3.8) is 0 Å². The van der Waals surface area contributed by atoms with Crippen LogP contribution in [0, 0.1) is 11.8 Å². The molecule has 0 aliphatic heterocycles. The van der Waals surface area contributed by atoms with Crippen molar-refractivity contribution in [1.29, 1.82) is 0 Å². The van der Waals surface area contributed by atoms with Gasteiger partial charge in [-0.15, -0.1) is 0 Å². The molecule has 0 aliphatic rings. The molecule has 7 nitrogen and oxygen atoms in total. The largest absolute Gasteiger partial charge is 0.464 e. The van der Waals surface area contributed by atoms with Crippen molar-refractivity contribution in [2.45, 2.75) is 0 Å². The summed E-state index contributed by atoms with van der Waals surface area (Å²) >= 11 is 0. The first kappa shape index (κ1) is 16.8. The molecule has 3 rings (SSSR count). The zero-order valence-corrected chi connectivity index (χ0v) is 13.6. The fraction of sp³-hybridized carbons (Fsp3) is 0. The number of nitrogens with two attached hydrogens (primary N) is 2. The highest BCUT2D eigenvalue weighted by Gasteiger charge is 2.16. The van der Waals surface area contributed by atoms with E-state index in [9.17, 15) is 9.90 Å². The lowest BCUT2D eigenvalue weighted by atomic mass is 10.1. The molecule has 1 heterocycles. The van der Waals surface area contributed by atoms with E-state index in [1.165, 1.54) is 11.2 Å². The van der Waals surface area contributed by atoms with Gasteiger partial charge in [0.1, 0.15) is 23.5 Å². The summed E-state index contributed by atoms with van der Waals surface area (Å²) in [5.41, 5.74) is 13.6. The summed E-state index contributed by atoms with van der Waals surface area (Å²) in [5.74, 6) is 6.19. The zero-order chi connectivity index (χ0) is 18.5. The van der Waals surface area contributed by atoms with Gasteiger partial charge in [-0.1, -0.05) is 30.0 Å². The van der Waals surface area contributed by atoms with Crippen molar-refractivity contribution in [2.75, 3.05) is 16.4 Å². The van der Waals surface area contributed by atoms with Gasteiger partial charge in [-0.3, -0.25) is 0 Å². The third-order valence-electron chi connectivity index (χ3n) is 3.57.